The largest absolute Gasteiger partial charge is 0.365 e. The van der Waals surface area contributed by atoms with Crippen molar-refractivity contribution < 1.29 is 9.18 Å². The highest BCUT2D eigenvalue weighted by Crippen LogP contribution is 2.29. The van der Waals surface area contributed by atoms with Crippen LogP contribution in [-0.4, -0.2) is 32.8 Å². The maximum absolute atomic E-state index is 14.7. The number of nitrogens with two attached hydrogens (primary N) is 2. The van der Waals surface area contributed by atoms with Crippen LogP contribution in [0.25, 0.3) is 10.9 Å². The number of amides is 1. The molecule has 4 rings (SSSR count). The average molecular weight is 426 g/mol. The molecule has 1 aliphatic carbocycles. The smallest absolute Gasteiger partial charge is 0.252 e. The van der Waals surface area contributed by atoms with E-state index in [-0.39, 0.29) is 29.3 Å². The Morgan fingerprint density at radius 2 is 2.03 bits per heavy atom. The number of fused-ring (bicyclic) bond motifs is 1. The number of rotatable bonds is 6. The number of anilines is 3. The summed E-state index contributed by atoms with van der Waals surface area (Å²) in [5.74, 6) is -1.13. The maximum Gasteiger partial charge on any atom is 0.252 e. The van der Waals surface area contributed by atoms with Crippen molar-refractivity contribution in [2.24, 2.45) is 11.5 Å². The molecular formula is C22H28FN7O. The number of benzene rings is 1. The number of aryl methyl sites for hydroxylation is 2. The molecule has 9 heteroatoms. The van der Waals surface area contributed by atoms with Gasteiger partial charge >= 0.3 is 0 Å². The molecular weight excluding hydrogens is 397 g/mol. The number of hydrogen-bond donors (Lipinski definition) is 4. The van der Waals surface area contributed by atoms with Crippen LogP contribution in [0, 0.1) is 12.7 Å². The topological polar surface area (TPSA) is 124 Å². The van der Waals surface area contributed by atoms with Crippen molar-refractivity contribution in [1.29, 1.82) is 0 Å². The van der Waals surface area contributed by atoms with Crippen molar-refractivity contribution in [2.45, 2.75) is 58.2 Å². The second-order valence-corrected chi connectivity index (χ2v) is 8.04. The van der Waals surface area contributed by atoms with E-state index in [9.17, 15) is 9.18 Å². The highest BCUT2D eigenvalue weighted by Gasteiger charge is 2.24. The van der Waals surface area contributed by atoms with Crippen LogP contribution in [-0.2, 0) is 6.54 Å². The van der Waals surface area contributed by atoms with Gasteiger partial charge in [0.05, 0.1) is 16.8 Å². The molecule has 2 unspecified atom stereocenters. The van der Waals surface area contributed by atoms with Crippen LogP contribution in [0.5, 0.6) is 0 Å². The maximum atomic E-state index is 14.7. The van der Waals surface area contributed by atoms with Gasteiger partial charge in [0.1, 0.15) is 5.82 Å². The van der Waals surface area contributed by atoms with Gasteiger partial charge in [0.15, 0.2) is 11.6 Å². The lowest BCUT2D eigenvalue weighted by atomic mass is 9.91. The molecule has 8 nitrogen and oxygen atoms in total. The van der Waals surface area contributed by atoms with Gasteiger partial charge in [-0.3, -0.25) is 9.48 Å². The van der Waals surface area contributed by atoms with Crippen molar-refractivity contribution in [3.05, 3.63) is 41.3 Å². The summed E-state index contributed by atoms with van der Waals surface area (Å²) in [5.41, 5.74) is 14.3. The molecule has 1 saturated carbocycles. The molecule has 1 fully saturated rings. The summed E-state index contributed by atoms with van der Waals surface area (Å²) in [6, 6.07) is 6.74. The van der Waals surface area contributed by atoms with Crippen molar-refractivity contribution in [1.82, 2.24) is 14.8 Å². The lowest BCUT2D eigenvalue weighted by molar-refractivity contribution is 0.100. The molecule has 3 aromatic rings. The van der Waals surface area contributed by atoms with E-state index in [0.717, 1.165) is 54.9 Å². The van der Waals surface area contributed by atoms with Gasteiger partial charge in [0, 0.05) is 29.7 Å². The zero-order valence-corrected chi connectivity index (χ0v) is 17.8. The van der Waals surface area contributed by atoms with E-state index in [1.54, 1.807) is 0 Å². The van der Waals surface area contributed by atoms with Gasteiger partial charge < -0.3 is 22.1 Å². The van der Waals surface area contributed by atoms with E-state index in [0.29, 0.717) is 5.69 Å². The molecule has 0 bridgehead atoms. The number of hydrogen-bond acceptors (Lipinski definition) is 6. The SMILES string of the molecule is CCn1nc(C)c2cc(Nc3nc(NC4CCCCC4N)c(F)cc3C(N)=O)ccc21. The zero-order chi connectivity index (χ0) is 22.1. The minimum Gasteiger partial charge on any atom is -0.365 e. The number of pyridine rings is 1. The molecule has 0 spiro atoms. The Bertz CT molecular complexity index is 1130. The van der Waals surface area contributed by atoms with Gasteiger partial charge in [-0.15, -0.1) is 0 Å². The second kappa shape index (κ2) is 8.50. The second-order valence-electron chi connectivity index (χ2n) is 8.04. The molecule has 164 valence electrons. The van der Waals surface area contributed by atoms with Gasteiger partial charge in [-0.25, -0.2) is 9.37 Å². The normalized spacial score (nSPS) is 18.8. The van der Waals surface area contributed by atoms with Crippen molar-refractivity contribution >= 4 is 34.1 Å². The first-order valence-corrected chi connectivity index (χ1v) is 10.6. The quantitative estimate of drug-likeness (QED) is 0.480. The predicted molar refractivity (Wildman–Crippen MR) is 120 cm³/mol. The first-order chi connectivity index (χ1) is 14.9. The molecule has 6 N–H and O–H groups in total. The minimum atomic E-state index is -0.758. The standard InChI is InChI=1S/C22H28FN7O/c1-3-30-19-9-8-13(10-14(19)12(2)29-30)26-21-15(20(25)31)11-16(23)22(28-21)27-18-7-5-4-6-17(18)24/h8-11,17-18H,3-7,24H2,1-2H3,(H2,25,31)(H2,26,27,28). The number of nitrogens with zero attached hydrogens (tertiary/aromatic N) is 3. The van der Waals surface area contributed by atoms with Crippen LogP contribution in [0.3, 0.4) is 0 Å². The number of halogens is 1. The zero-order valence-electron chi connectivity index (χ0n) is 17.8. The molecule has 1 aromatic carbocycles. The average Bonchev–Trinajstić information content (AvgIpc) is 3.07. The fourth-order valence-electron chi connectivity index (χ4n) is 4.18. The van der Waals surface area contributed by atoms with E-state index in [2.05, 4.69) is 20.7 Å². The van der Waals surface area contributed by atoms with E-state index >= 15 is 0 Å². The number of primary amides is 1. The monoisotopic (exact) mass is 425 g/mol. The summed E-state index contributed by atoms with van der Waals surface area (Å²) in [6.45, 7) is 4.74. The van der Waals surface area contributed by atoms with E-state index in [4.69, 9.17) is 11.5 Å². The summed E-state index contributed by atoms with van der Waals surface area (Å²) in [4.78, 5) is 16.3. The van der Waals surface area contributed by atoms with Crippen molar-refractivity contribution in [3.8, 4) is 0 Å². The fraction of sp³-hybridized carbons (Fsp3) is 0.409. The molecule has 0 aliphatic heterocycles. The molecule has 0 saturated heterocycles. The summed E-state index contributed by atoms with van der Waals surface area (Å²) in [6.07, 6.45) is 3.83. The third-order valence-electron chi connectivity index (χ3n) is 5.88. The number of nitrogens with one attached hydrogen (secondary N) is 2. The Hall–Kier alpha value is -3.20. The first kappa shape index (κ1) is 21.0. The summed E-state index contributed by atoms with van der Waals surface area (Å²) in [7, 11) is 0. The van der Waals surface area contributed by atoms with Gasteiger partial charge in [-0.05, 0) is 51.0 Å². The first-order valence-electron chi connectivity index (χ1n) is 10.6. The van der Waals surface area contributed by atoms with Crippen molar-refractivity contribution in [2.75, 3.05) is 10.6 Å². The fourth-order valence-corrected chi connectivity index (χ4v) is 4.18. The molecule has 2 aromatic heterocycles. The predicted octanol–water partition coefficient (Wildman–Crippen LogP) is 3.42. The van der Waals surface area contributed by atoms with Crippen LogP contribution < -0.4 is 22.1 Å². The molecule has 31 heavy (non-hydrogen) atoms. The number of carbonyl (C=O) groups excluding carboxylic acids is 1. The Balaban J connectivity index is 1.68. The van der Waals surface area contributed by atoms with Crippen LogP contribution in [0.4, 0.5) is 21.7 Å². The Morgan fingerprint density at radius 1 is 1.26 bits per heavy atom. The Kier molecular flexibility index (Phi) is 5.77. The molecule has 1 aliphatic rings. The Morgan fingerprint density at radius 3 is 2.74 bits per heavy atom. The van der Waals surface area contributed by atoms with Crippen LogP contribution >= 0.6 is 0 Å². The van der Waals surface area contributed by atoms with Crippen LogP contribution in [0.15, 0.2) is 24.3 Å². The highest BCUT2D eigenvalue weighted by molar-refractivity contribution is 5.99. The lowest BCUT2D eigenvalue weighted by Gasteiger charge is -2.30. The summed E-state index contributed by atoms with van der Waals surface area (Å²) in [5, 5.41) is 11.8. The van der Waals surface area contributed by atoms with E-state index in [1.165, 1.54) is 0 Å². The molecule has 1 amide bonds. The molecule has 2 heterocycles. The van der Waals surface area contributed by atoms with E-state index in [1.807, 2.05) is 36.7 Å². The van der Waals surface area contributed by atoms with Crippen molar-refractivity contribution in [3.63, 3.8) is 0 Å². The summed E-state index contributed by atoms with van der Waals surface area (Å²) < 4.78 is 16.6. The molecule has 2 atom stereocenters. The van der Waals surface area contributed by atoms with Gasteiger partial charge in [0.25, 0.3) is 5.91 Å². The van der Waals surface area contributed by atoms with E-state index < -0.39 is 11.7 Å². The van der Waals surface area contributed by atoms with Gasteiger partial charge in [-0.2, -0.15) is 5.10 Å². The van der Waals surface area contributed by atoms with Gasteiger partial charge in [0.2, 0.25) is 0 Å². The van der Waals surface area contributed by atoms with Crippen LogP contribution in [0.1, 0.15) is 48.7 Å². The minimum absolute atomic E-state index is 0.0166. The number of aromatic nitrogens is 3. The lowest BCUT2D eigenvalue weighted by Crippen LogP contribution is -2.43. The summed E-state index contributed by atoms with van der Waals surface area (Å²) >= 11 is 0. The highest BCUT2D eigenvalue weighted by atomic mass is 19.1. The third-order valence-corrected chi connectivity index (χ3v) is 5.88. The third kappa shape index (κ3) is 4.18. The van der Waals surface area contributed by atoms with Crippen LogP contribution in [0.2, 0.25) is 0 Å². The molecule has 0 radical (unpaired) electrons. The number of carbonyl (C=O) groups is 1. The van der Waals surface area contributed by atoms with Gasteiger partial charge in [-0.1, -0.05) is 12.8 Å². The Labute approximate surface area is 180 Å².